The highest BCUT2D eigenvalue weighted by Crippen LogP contribution is 2.49. The van der Waals surface area contributed by atoms with Crippen molar-refractivity contribution in [2.75, 3.05) is 0 Å². The highest BCUT2D eigenvalue weighted by molar-refractivity contribution is 4.97. The Morgan fingerprint density at radius 3 is 2.55 bits per heavy atom. The van der Waals surface area contributed by atoms with Gasteiger partial charge in [-0.25, -0.2) is 0 Å². The molecule has 0 amide bonds. The van der Waals surface area contributed by atoms with E-state index >= 15 is 0 Å². The first-order valence-electron chi connectivity index (χ1n) is 4.96. The largest absolute Gasteiger partial charge is 0.327 e. The highest BCUT2D eigenvalue weighted by atomic mass is 14.7. The molecule has 2 N–H and O–H groups in total. The third-order valence-corrected chi connectivity index (χ3v) is 3.52. The van der Waals surface area contributed by atoms with Gasteiger partial charge < -0.3 is 5.73 Å². The SMILES string of the molecule is CC1(C(N)CCC2CC2)CC1. The van der Waals surface area contributed by atoms with Gasteiger partial charge >= 0.3 is 0 Å². The van der Waals surface area contributed by atoms with Crippen LogP contribution in [0.3, 0.4) is 0 Å². The summed E-state index contributed by atoms with van der Waals surface area (Å²) in [5.74, 6) is 1.06. The van der Waals surface area contributed by atoms with Crippen molar-refractivity contribution in [1.29, 1.82) is 0 Å². The summed E-state index contributed by atoms with van der Waals surface area (Å²) in [7, 11) is 0. The minimum absolute atomic E-state index is 0.503. The molecule has 2 aliphatic rings. The molecule has 0 saturated heterocycles. The van der Waals surface area contributed by atoms with Crippen LogP contribution in [0.2, 0.25) is 0 Å². The standard InChI is InChI=1S/C10H19N/c1-10(6-7-10)9(11)5-4-8-2-3-8/h8-9H,2-7,11H2,1H3. The molecule has 2 fully saturated rings. The number of nitrogens with two attached hydrogens (primary N) is 1. The quantitative estimate of drug-likeness (QED) is 0.659. The van der Waals surface area contributed by atoms with Gasteiger partial charge in [-0.2, -0.15) is 0 Å². The summed E-state index contributed by atoms with van der Waals surface area (Å²) in [6, 6.07) is 0.503. The number of rotatable bonds is 4. The molecule has 0 aromatic heterocycles. The lowest BCUT2D eigenvalue weighted by Gasteiger charge is -2.17. The van der Waals surface area contributed by atoms with Crippen molar-refractivity contribution in [3.63, 3.8) is 0 Å². The van der Waals surface area contributed by atoms with Gasteiger partial charge in [0.1, 0.15) is 0 Å². The van der Waals surface area contributed by atoms with E-state index in [9.17, 15) is 0 Å². The van der Waals surface area contributed by atoms with Gasteiger partial charge in [0.2, 0.25) is 0 Å². The second-order valence-electron chi connectivity index (χ2n) is 4.78. The molecule has 0 heterocycles. The van der Waals surface area contributed by atoms with E-state index < -0.39 is 0 Å². The van der Waals surface area contributed by atoms with Crippen molar-refractivity contribution in [3.05, 3.63) is 0 Å². The van der Waals surface area contributed by atoms with Crippen LogP contribution in [0, 0.1) is 11.3 Å². The lowest BCUT2D eigenvalue weighted by Crippen LogP contribution is -2.29. The average molecular weight is 153 g/mol. The third-order valence-electron chi connectivity index (χ3n) is 3.52. The van der Waals surface area contributed by atoms with Crippen molar-refractivity contribution >= 4 is 0 Å². The van der Waals surface area contributed by atoms with E-state index in [1.165, 1.54) is 38.5 Å². The van der Waals surface area contributed by atoms with Crippen LogP contribution in [-0.2, 0) is 0 Å². The Bertz CT molecular complexity index is 145. The van der Waals surface area contributed by atoms with Crippen molar-refractivity contribution in [3.8, 4) is 0 Å². The molecule has 64 valence electrons. The smallest absolute Gasteiger partial charge is 0.00930 e. The average Bonchev–Trinajstić information content (AvgIpc) is 2.79. The lowest BCUT2D eigenvalue weighted by atomic mass is 9.94. The normalized spacial score (nSPS) is 30.0. The summed E-state index contributed by atoms with van der Waals surface area (Å²) in [4.78, 5) is 0. The maximum atomic E-state index is 6.09. The summed E-state index contributed by atoms with van der Waals surface area (Å²) >= 11 is 0. The summed E-state index contributed by atoms with van der Waals surface area (Å²) in [6.07, 6.45) is 8.38. The number of hydrogen-bond acceptors (Lipinski definition) is 1. The van der Waals surface area contributed by atoms with E-state index in [0.717, 1.165) is 5.92 Å². The monoisotopic (exact) mass is 153 g/mol. The molecule has 2 saturated carbocycles. The van der Waals surface area contributed by atoms with Gasteiger partial charge in [0.05, 0.1) is 0 Å². The molecule has 0 aromatic rings. The molecule has 1 heteroatoms. The topological polar surface area (TPSA) is 26.0 Å². The Morgan fingerprint density at radius 2 is 2.09 bits per heavy atom. The number of hydrogen-bond donors (Lipinski definition) is 1. The summed E-state index contributed by atoms with van der Waals surface area (Å²) in [6.45, 7) is 2.34. The molecule has 1 atom stereocenters. The zero-order valence-corrected chi connectivity index (χ0v) is 7.47. The van der Waals surface area contributed by atoms with E-state index in [0.29, 0.717) is 11.5 Å². The van der Waals surface area contributed by atoms with Gasteiger partial charge in [-0.1, -0.05) is 19.8 Å². The second kappa shape index (κ2) is 2.48. The minimum atomic E-state index is 0.503. The Balaban J connectivity index is 1.68. The molecule has 0 bridgehead atoms. The van der Waals surface area contributed by atoms with E-state index in [1.807, 2.05) is 0 Å². The van der Waals surface area contributed by atoms with Crippen LogP contribution in [0.15, 0.2) is 0 Å². The molecule has 0 aliphatic heterocycles. The molecule has 0 aromatic carbocycles. The molecule has 2 aliphatic carbocycles. The van der Waals surface area contributed by atoms with E-state index in [4.69, 9.17) is 5.73 Å². The third kappa shape index (κ3) is 1.76. The fourth-order valence-electron chi connectivity index (χ4n) is 1.74. The van der Waals surface area contributed by atoms with Crippen molar-refractivity contribution in [1.82, 2.24) is 0 Å². The van der Waals surface area contributed by atoms with Crippen LogP contribution in [0.1, 0.15) is 45.4 Å². The van der Waals surface area contributed by atoms with E-state index in [-0.39, 0.29) is 0 Å². The molecule has 0 spiro atoms. The lowest BCUT2D eigenvalue weighted by molar-refractivity contribution is 0.395. The fourth-order valence-corrected chi connectivity index (χ4v) is 1.74. The molecule has 0 radical (unpaired) electrons. The Kier molecular flexibility index (Phi) is 1.71. The van der Waals surface area contributed by atoms with Crippen molar-refractivity contribution in [2.24, 2.45) is 17.1 Å². The maximum Gasteiger partial charge on any atom is 0.00930 e. The van der Waals surface area contributed by atoms with Gasteiger partial charge in [-0.15, -0.1) is 0 Å². The van der Waals surface area contributed by atoms with Crippen LogP contribution >= 0.6 is 0 Å². The summed E-state index contributed by atoms with van der Waals surface area (Å²) < 4.78 is 0. The zero-order valence-electron chi connectivity index (χ0n) is 7.47. The van der Waals surface area contributed by atoms with Crippen LogP contribution in [-0.4, -0.2) is 6.04 Å². The van der Waals surface area contributed by atoms with Gasteiger partial charge in [0, 0.05) is 6.04 Å². The maximum absolute atomic E-state index is 6.09. The van der Waals surface area contributed by atoms with Crippen molar-refractivity contribution < 1.29 is 0 Å². The first-order valence-corrected chi connectivity index (χ1v) is 4.96. The second-order valence-corrected chi connectivity index (χ2v) is 4.78. The molecule has 11 heavy (non-hydrogen) atoms. The van der Waals surface area contributed by atoms with E-state index in [2.05, 4.69) is 6.92 Å². The van der Waals surface area contributed by atoms with Gasteiger partial charge in [-0.3, -0.25) is 0 Å². The molecular weight excluding hydrogens is 134 g/mol. The summed E-state index contributed by atoms with van der Waals surface area (Å²) in [5.41, 5.74) is 6.64. The van der Waals surface area contributed by atoms with Crippen LogP contribution in [0.25, 0.3) is 0 Å². The first-order chi connectivity index (χ1) is 5.21. The Labute approximate surface area is 69.4 Å². The van der Waals surface area contributed by atoms with Gasteiger partial charge in [-0.05, 0) is 37.0 Å². The first kappa shape index (κ1) is 7.60. The van der Waals surface area contributed by atoms with Crippen LogP contribution in [0.4, 0.5) is 0 Å². The Hall–Kier alpha value is -0.0400. The fraction of sp³-hybridized carbons (Fsp3) is 1.00. The van der Waals surface area contributed by atoms with Gasteiger partial charge in [0.15, 0.2) is 0 Å². The highest BCUT2D eigenvalue weighted by Gasteiger charge is 2.42. The zero-order chi connectivity index (χ0) is 7.90. The van der Waals surface area contributed by atoms with Crippen LogP contribution < -0.4 is 5.73 Å². The summed E-state index contributed by atoms with van der Waals surface area (Å²) in [5, 5.41) is 0. The minimum Gasteiger partial charge on any atom is -0.327 e. The molecule has 1 nitrogen and oxygen atoms in total. The van der Waals surface area contributed by atoms with Crippen LogP contribution in [0.5, 0.6) is 0 Å². The molecular formula is C10H19N. The molecule has 2 rings (SSSR count). The van der Waals surface area contributed by atoms with Crippen molar-refractivity contribution in [2.45, 2.75) is 51.5 Å². The predicted molar refractivity (Wildman–Crippen MR) is 47.3 cm³/mol. The van der Waals surface area contributed by atoms with Gasteiger partial charge in [0.25, 0.3) is 0 Å². The Morgan fingerprint density at radius 1 is 1.45 bits per heavy atom. The van der Waals surface area contributed by atoms with E-state index in [1.54, 1.807) is 0 Å². The predicted octanol–water partition coefficient (Wildman–Crippen LogP) is 2.30. The molecule has 1 unspecified atom stereocenters.